The van der Waals surface area contributed by atoms with Crippen molar-refractivity contribution in [1.82, 2.24) is 4.90 Å². The van der Waals surface area contributed by atoms with E-state index in [2.05, 4.69) is 0 Å². The molecule has 0 bridgehead atoms. The quantitative estimate of drug-likeness (QED) is 0.847. The Bertz CT molecular complexity index is 776. The molecule has 1 aromatic heterocycles. The maximum Gasteiger partial charge on any atom is 0.289 e. The van der Waals surface area contributed by atoms with Crippen LogP contribution in [0.2, 0.25) is 0 Å². The molecule has 0 aliphatic carbocycles. The van der Waals surface area contributed by atoms with Crippen LogP contribution in [0, 0.1) is 5.41 Å². The molecule has 6 heteroatoms. The van der Waals surface area contributed by atoms with E-state index in [0.717, 1.165) is 5.39 Å². The SMILES string of the molecule is COc1cccc2cc(C(=O)N3CC4(COC(C)(C)OC4)C3)oc12. The molecule has 24 heavy (non-hydrogen) atoms. The number of methoxy groups -OCH3 is 1. The molecule has 0 radical (unpaired) electrons. The maximum atomic E-state index is 12.7. The summed E-state index contributed by atoms with van der Waals surface area (Å²) in [5.41, 5.74) is 0.513. The van der Waals surface area contributed by atoms with E-state index in [9.17, 15) is 4.79 Å². The number of carbonyl (C=O) groups is 1. The van der Waals surface area contributed by atoms with Gasteiger partial charge in [0.1, 0.15) is 0 Å². The third kappa shape index (κ3) is 2.46. The van der Waals surface area contributed by atoms with Crippen LogP contribution >= 0.6 is 0 Å². The van der Waals surface area contributed by atoms with Crippen molar-refractivity contribution >= 4 is 16.9 Å². The molecule has 128 valence electrons. The Balaban J connectivity index is 1.48. The molecule has 2 aliphatic heterocycles. The van der Waals surface area contributed by atoms with Gasteiger partial charge in [-0.1, -0.05) is 12.1 Å². The standard InChI is InChI=1S/C18H21NO5/c1-17(2)22-10-18(11-23-17)8-19(9-18)16(20)14-7-12-5-4-6-13(21-3)15(12)24-14/h4-7H,8-11H2,1-3H3. The molecular weight excluding hydrogens is 310 g/mol. The largest absolute Gasteiger partial charge is 0.493 e. The number of nitrogens with zero attached hydrogens (tertiary/aromatic N) is 1. The van der Waals surface area contributed by atoms with Gasteiger partial charge in [0.25, 0.3) is 5.91 Å². The predicted molar refractivity (Wildman–Crippen MR) is 87.1 cm³/mol. The fourth-order valence-electron chi connectivity index (χ4n) is 3.29. The second-order valence-corrected chi connectivity index (χ2v) is 7.13. The number of rotatable bonds is 2. The molecule has 2 aliphatic rings. The molecule has 0 saturated carbocycles. The molecule has 2 saturated heterocycles. The highest BCUT2D eigenvalue weighted by Crippen LogP contribution is 2.39. The van der Waals surface area contributed by atoms with Gasteiger partial charge < -0.3 is 23.5 Å². The smallest absolute Gasteiger partial charge is 0.289 e. The summed E-state index contributed by atoms with van der Waals surface area (Å²) in [6.07, 6.45) is 0. The fraction of sp³-hybridized carbons (Fsp3) is 0.500. The molecule has 0 atom stereocenters. The highest BCUT2D eigenvalue weighted by Gasteiger charge is 2.50. The molecule has 0 N–H and O–H groups in total. The second kappa shape index (κ2) is 5.22. The number of benzene rings is 1. The average molecular weight is 331 g/mol. The van der Waals surface area contributed by atoms with Gasteiger partial charge >= 0.3 is 0 Å². The Kier molecular flexibility index (Phi) is 3.37. The lowest BCUT2D eigenvalue weighted by Gasteiger charge is -2.53. The second-order valence-electron chi connectivity index (χ2n) is 7.13. The Morgan fingerprint density at radius 1 is 1.21 bits per heavy atom. The third-order valence-electron chi connectivity index (χ3n) is 4.73. The predicted octanol–water partition coefficient (Wildman–Crippen LogP) is 2.67. The van der Waals surface area contributed by atoms with Crippen LogP contribution < -0.4 is 4.74 Å². The summed E-state index contributed by atoms with van der Waals surface area (Å²) in [5.74, 6) is 0.319. The summed E-state index contributed by atoms with van der Waals surface area (Å²) >= 11 is 0. The molecule has 2 fully saturated rings. The van der Waals surface area contributed by atoms with Crippen molar-refractivity contribution in [2.75, 3.05) is 33.4 Å². The first-order valence-corrected chi connectivity index (χ1v) is 8.05. The first kappa shape index (κ1) is 15.5. The van der Waals surface area contributed by atoms with Gasteiger partial charge in [-0.25, -0.2) is 0 Å². The lowest BCUT2D eigenvalue weighted by molar-refractivity contribution is -0.301. The lowest BCUT2D eigenvalue weighted by Crippen LogP contribution is -2.65. The number of likely N-dealkylation sites (tertiary alicyclic amines) is 1. The topological polar surface area (TPSA) is 61.1 Å². The Morgan fingerprint density at radius 3 is 2.58 bits per heavy atom. The molecule has 3 heterocycles. The van der Waals surface area contributed by atoms with Crippen molar-refractivity contribution in [2.24, 2.45) is 5.41 Å². The summed E-state index contributed by atoms with van der Waals surface area (Å²) in [6, 6.07) is 7.36. The molecular formula is C18H21NO5. The van der Waals surface area contributed by atoms with Crippen LogP contribution in [0.5, 0.6) is 5.75 Å². The van der Waals surface area contributed by atoms with E-state index in [-0.39, 0.29) is 11.3 Å². The summed E-state index contributed by atoms with van der Waals surface area (Å²) in [5, 5.41) is 0.860. The normalized spacial score (nSPS) is 21.7. The van der Waals surface area contributed by atoms with Crippen LogP contribution in [-0.4, -0.2) is 50.0 Å². The van der Waals surface area contributed by atoms with Crippen molar-refractivity contribution < 1.29 is 23.4 Å². The summed E-state index contributed by atoms with van der Waals surface area (Å²) in [7, 11) is 1.59. The maximum absolute atomic E-state index is 12.7. The molecule has 1 spiro atoms. The Morgan fingerprint density at radius 2 is 1.92 bits per heavy atom. The minimum Gasteiger partial charge on any atom is -0.493 e. The first-order valence-electron chi connectivity index (χ1n) is 8.05. The first-order chi connectivity index (χ1) is 11.4. The van der Waals surface area contributed by atoms with E-state index < -0.39 is 5.79 Å². The average Bonchev–Trinajstić information content (AvgIpc) is 2.96. The number of hydrogen-bond acceptors (Lipinski definition) is 5. The number of hydrogen-bond donors (Lipinski definition) is 0. The molecule has 2 aromatic rings. The van der Waals surface area contributed by atoms with Crippen molar-refractivity contribution in [1.29, 1.82) is 0 Å². The van der Waals surface area contributed by atoms with Gasteiger partial charge in [-0.3, -0.25) is 4.79 Å². The third-order valence-corrected chi connectivity index (χ3v) is 4.73. The number of fused-ring (bicyclic) bond motifs is 1. The molecule has 1 amide bonds. The summed E-state index contributed by atoms with van der Waals surface area (Å²) < 4.78 is 22.5. The number of carbonyl (C=O) groups excluding carboxylic acids is 1. The van der Waals surface area contributed by atoms with Crippen molar-refractivity contribution in [3.63, 3.8) is 0 Å². The van der Waals surface area contributed by atoms with E-state index in [4.69, 9.17) is 18.6 Å². The fourth-order valence-corrected chi connectivity index (χ4v) is 3.29. The minimum absolute atomic E-state index is 0.0884. The van der Waals surface area contributed by atoms with Crippen molar-refractivity contribution in [3.05, 3.63) is 30.0 Å². The van der Waals surface area contributed by atoms with Crippen molar-refractivity contribution in [2.45, 2.75) is 19.6 Å². The van der Waals surface area contributed by atoms with Gasteiger partial charge in [0.15, 0.2) is 22.9 Å². The van der Waals surface area contributed by atoms with E-state index in [1.54, 1.807) is 18.1 Å². The highest BCUT2D eigenvalue weighted by atomic mass is 16.7. The zero-order chi connectivity index (χ0) is 16.9. The minimum atomic E-state index is -0.537. The van der Waals surface area contributed by atoms with Crippen LogP contribution in [0.4, 0.5) is 0 Å². The summed E-state index contributed by atoms with van der Waals surface area (Å²) in [4.78, 5) is 14.4. The zero-order valence-electron chi connectivity index (χ0n) is 14.1. The molecule has 0 unspecified atom stereocenters. The van der Waals surface area contributed by atoms with E-state index in [0.29, 0.717) is 43.4 Å². The number of amides is 1. The van der Waals surface area contributed by atoms with Crippen LogP contribution in [0.15, 0.2) is 28.7 Å². The van der Waals surface area contributed by atoms with Gasteiger partial charge in [0.05, 0.1) is 25.7 Å². The Labute approximate surface area is 140 Å². The van der Waals surface area contributed by atoms with E-state index in [1.807, 2.05) is 32.0 Å². The highest BCUT2D eigenvalue weighted by molar-refractivity contribution is 5.97. The molecule has 6 nitrogen and oxygen atoms in total. The number of para-hydroxylation sites is 1. The van der Waals surface area contributed by atoms with Gasteiger partial charge in [-0.05, 0) is 26.0 Å². The van der Waals surface area contributed by atoms with Crippen LogP contribution in [0.3, 0.4) is 0 Å². The lowest BCUT2D eigenvalue weighted by atomic mass is 9.80. The van der Waals surface area contributed by atoms with Crippen LogP contribution in [-0.2, 0) is 9.47 Å². The zero-order valence-corrected chi connectivity index (χ0v) is 14.1. The number of furan rings is 1. The van der Waals surface area contributed by atoms with Crippen molar-refractivity contribution in [3.8, 4) is 5.75 Å². The van der Waals surface area contributed by atoms with E-state index in [1.165, 1.54) is 0 Å². The molecule has 4 rings (SSSR count). The van der Waals surface area contributed by atoms with Gasteiger partial charge in [0.2, 0.25) is 0 Å². The summed E-state index contributed by atoms with van der Waals surface area (Å²) in [6.45, 7) is 6.27. The van der Waals surface area contributed by atoms with Crippen LogP contribution in [0.1, 0.15) is 24.4 Å². The van der Waals surface area contributed by atoms with Crippen LogP contribution in [0.25, 0.3) is 11.0 Å². The molecule has 1 aromatic carbocycles. The monoisotopic (exact) mass is 331 g/mol. The van der Waals surface area contributed by atoms with Gasteiger partial charge in [-0.2, -0.15) is 0 Å². The van der Waals surface area contributed by atoms with Gasteiger partial charge in [0, 0.05) is 18.5 Å². The van der Waals surface area contributed by atoms with E-state index >= 15 is 0 Å². The Hall–Kier alpha value is -2.05. The number of ether oxygens (including phenoxy) is 3. The van der Waals surface area contributed by atoms with Gasteiger partial charge in [-0.15, -0.1) is 0 Å².